The molecule has 0 unspecified atom stereocenters. The van der Waals surface area contributed by atoms with Crippen LogP contribution in [-0.2, 0) is 0 Å². The monoisotopic (exact) mass is 474 g/mol. The number of hydrogen-bond acceptors (Lipinski definition) is 3. The van der Waals surface area contributed by atoms with Gasteiger partial charge in [0.05, 0.1) is 22.6 Å². The van der Waals surface area contributed by atoms with E-state index in [0.29, 0.717) is 34.9 Å². The van der Waals surface area contributed by atoms with Crippen LogP contribution < -0.4 is 10.6 Å². The maximum atomic E-state index is 12.6. The van der Waals surface area contributed by atoms with E-state index in [2.05, 4.69) is 31.7 Å². The smallest absolute Gasteiger partial charge is 0.255 e. The molecule has 0 saturated heterocycles. The van der Waals surface area contributed by atoms with Crippen LogP contribution in [0.5, 0.6) is 0 Å². The lowest BCUT2D eigenvalue weighted by atomic mass is 10.2. The second-order valence-electron chi connectivity index (χ2n) is 6.45. The highest BCUT2D eigenvalue weighted by Gasteiger charge is 2.19. The summed E-state index contributed by atoms with van der Waals surface area (Å²) in [4.78, 5) is 24.7. The predicted octanol–water partition coefficient (Wildman–Crippen LogP) is 4.06. The Morgan fingerprint density at radius 3 is 2.17 bits per heavy atom. The molecule has 8 heteroatoms. The van der Waals surface area contributed by atoms with Crippen molar-refractivity contribution < 1.29 is 9.59 Å². The molecule has 0 atom stereocenters. The van der Waals surface area contributed by atoms with Crippen LogP contribution in [0, 0.1) is 13.8 Å². The summed E-state index contributed by atoms with van der Waals surface area (Å²) in [7, 11) is 0. The molecule has 150 valence electrons. The van der Waals surface area contributed by atoms with Crippen molar-refractivity contribution >= 4 is 39.3 Å². The summed E-state index contributed by atoms with van der Waals surface area (Å²) >= 11 is 9.23. The van der Waals surface area contributed by atoms with Crippen LogP contribution in [0.1, 0.15) is 32.1 Å². The van der Waals surface area contributed by atoms with Gasteiger partial charge in [-0.25, -0.2) is 4.68 Å². The number of nitrogens with zero attached hydrogens (tertiary/aromatic N) is 2. The van der Waals surface area contributed by atoms with E-state index in [4.69, 9.17) is 11.6 Å². The lowest BCUT2D eigenvalue weighted by Gasteiger charge is -2.08. The van der Waals surface area contributed by atoms with Gasteiger partial charge < -0.3 is 10.6 Å². The fourth-order valence-electron chi connectivity index (χ4n) is 2.95. The van der Waals surface area contributed by atoms with E-state index >= 15 is 0 Å². The van der Waals surface area contributed by atoms with Crippen LogP contribution in [-0.4, -0.2) is 34.7 Å². The van der Waals surface area contributed by atoms with Gasteiger partial charge in [0.1, 0.15) is 0 Å². The van der Waals surface area contributed by atoms with E-state index in [9.17, 15) is 9.59 Å². The first-order valence-corrected chi connectivity index (χ1v) is 10.2. The molecule has 1 heterocycles. The average Bonchev–Trinajstić information content (AvgIpc) is 3.00. The average molecular weight is 476 g/mol. The van der Waals surface area contributed by atoms with Crippen LogP contribution in [0.2, 0.25) is 5.02 Å². The van der Waals surface area contributed by atoms with Crippen LogP contribution in [0.3, 0.4) is 0 Å². The third-order valence-corrected chi connectivity index (χ3v) is 5.17. The first-order chi connectivity index (χ1) is 13.9. The summed E-state index contributed by atoms with van der Waals surface area (Å²) in [5.41, 5.74) is 3.34. The van der Waals surface area contributed by atoms with Crippen molar-refractivity contribution in [1.29, 1.82) is 0 Å². The van der Waals surface area contributed by atoms with Crippen molar-refractivity contribution in [2.24, 2.45) is 0 Å². The van der Waals surface area contributed by atoms with Gasteiger partial charge in [-0.3, -0.25) is 9.59 Å². The predicted molar refractivity (Wildman–Crippen MR) is 117 cm³/mol. The van der Waals surface area contributed by atoms with E-state index in [1.807, 2.05) is 31.2 Å². The lowest BCUT2D eigenvalue weighted by Crippen LogP contribution is -2.35. The number of carbonyl (C=O) groups is 2. The standard InChI is InChI=1S/C21H20BrClN4O2/c1-13-19(14(2)27(26-13)18-9-5-16(22)6-10-18)21(29)25-12-11-24-20(28)15-3-7-17(23)8-4-15/h3-10H,11-12H2,1-2H3,(H,24,28)(H,25,29). The third-order valence-electron chi connectivity index (χ3n) is 4.39. The van der Waals surface area contributed by atoms with Gasteiger partial charge in [0.15, 0.2) is 0 Å². The highest BCUT2D eigenvalue weighted by atomic mass is 79.9. The number of nitrogens with one attached hydrogen (secondary N) is 2. The van der Waals surface area contributed by atoms with Crippen molar-refractivity contribution in [2.45, 2.75) is 13.8 Å². The Bertz CT molecular complexity index is 1030. The Morgan fingerprint density at radius 2 is 1.55 bits per heavy atom. The van der Waals surface area contributed by atoms with Gasteiger partial charge in [-0.05, 0) is 62.4 Å². The largest absolute Gasteiger partial charge is 0.350 e. The number of aryl methyl sites for hydroxylation is 1. The molecule has 6 nitrogen and oxygen atoms in total. The second-order valence-corrected chi connectivity index (χ2v) is 7.80. The SMILES string of the molecule is Cc1nn(-c2ccc(Br)cc2)c(C)c1C(=O)NCCNC(=O)c1ccc(Cl)cc1. The normalized spacial score (nSPS) is 10.6. The van der Waals surface area contributed by atoms with Crippen LogP contribution in [0.4, 0.5) is 0 Å². The molecule has 0 bridgehead atoms. The van der Waals surface area contributed by atoms with Crippen LogP contribution in [0.15, 0.2) is 53.0 Å². The maximum absolute atomic E-state index is 12.6. The molecule has 2 amide bonds. The van der Waals surface area contributed by atoms with Gasteiger partial charge in [0, 0.05) is 28.1 Å². The first kappa shape index (κ1) is 21.1. The fourth-order valence-corrected chi connectivity index (χ4v) is 3.34. The quantitative estimate of drug-likeness (QED) is 0.528. The third kappa shape index (κ3) is 5.05. The van der Waals surface area contributed by atoms with Gasteiger partial charge in [-0.1, -0.05) is 27.5 Å². The van der Waals surface area contributed by atoms with Crippen LogP contribution >= 0.6 is 27.5 Å². The Balaban J connectivity index is 1.59. The molecule has 0 saturated carbocycles. The van der Waals surface area contributed by atoms with E-state index in [1.165, 1.54) is 0 Å². The number of rotatable bonds is 6. The first-order valence-electron chi connectivity index (χ1n) is 9.01. The molecule has 0 radical (unpaired) electrons. The minimum absolute atomic E-state index is 0.216. The minimum atomic E-state index is -0.218. The molecule has 0 aliphatic heterocycles. The zero-order valence-corrected chi connectivity index (χ0v) is 18.3. The Morgan fingerprint density at radius 1 is 0.966 bits per heavy atom. The van der Waals surface area contributed by atoms with E-state index in [0.717, 1.165) is 15.9 Å². The van der Waals surface area contributed by atoms with Gasteiger partial charge in [-0.15, -0.1) is 0 Å². The van der Waals surface area contributed by atoms with Crippen molar-refractivity contribution in [1.82, 2.24) is 20.4 Å². The van der Waals surface area contributed by atoms with Gasteiger partial charge >= 0.3 is 0 Å². The Kier molecular flexibility index (Phi) is 6.71. The number of amides is 2. The Hall–Kier alpha value is -2.64. The van der Waals surface area contributed by atoms with Crippen molar-refractivity contribution in [3.05, 3.63) is 80.5 Å². The summed E-state index contributed by atoms with van der Waals surface area (Å²) in [6.07, 6.45) is 0. The summed E-state index contributed by atoms with van der Waals surface area (Å²) in [5.74, 6) is -0.435. The summed E-state index contributed by atoms with van der Waals surface area (Å²) in [6, 6.07) is 14.3. The number of benzene rings is 2. The molecular formula is C21H20BrClN4O2. The molecule has 2 aromatic carbocycles. The molecule has 3 aromatic rings. The topological polar surface area (TPSA) is 76.0 Å². The van der Waals surface area contributed by atoms with Crippen molar-refractivity contribution in [2.75, 3.05) is 13.1 Å². The zero-order chi connectivity index (χ0) is 21.0. The van der Waals surface area contributed by atoms with Gasteiger partial charge in [-0.2, -0.15) is 5.10 Å². The molecule has 1 aromatic heterocycles. The maximum Gasteiger partial charge on any atom is 0.255 e. The van der Waals surface area contributed by atoms with E-state index < -0.39 is 0 Å². The summed E-state index contributed by atoms with van der Waals surface area (Å²) < 4.78 is 2.72. The molecule has 0 spiro atoms. The second kappa shape index (κ2) is 9.24. The zero-order valence-electron chi connectivity index (χ0n) is 16.0. The number of carbonyl (C=O) groups excluding carboxylic acids is 2. The minimum Gasteiger partial charge on any atom is -0.350 e. The molecule has 29 heavy (non-hydrogen) atoms. The van der Waals surface area contributed by atoms with Gasteiger partial charge in [0.25, 0.3) is 11.8 Å². The Labute approximate surface area is 182 Å². The number of aromatic nitrogens is 2. The molecular weight excluding hydrogens is 456 g/mol. The van der Waals surface area contributed by atoms with E-state index in [1.54, 1.807) is 35.9 Å². The van der Waals surface area contributed by atoms with Gasteiger partial charge in [0.2, 0.25) is 0 Å². The molecule has 2 N–H and O–H groups in total. The lowest BCUT2D eigenvalue weighted by molar-refractivity contribution is 0.0927. The molecule has 0 fully saturated rings. The highest BCUT2D eigenvalue weighted by Crippen LogP contribution is 2.19. The summed E-state index contributed by atoms with van der Waals surface area (Å²) in [6.45, 7) is 4.28. The highest BCUT2D eigenvalue weighted by molar-refractivity contribution is 9.10. The number of hydrogen-bond donors (Lipinski definition) is 2. The molecule has 0 aliphatic rings. The van der Waals surface area contributed by atoms with Crippen LogP contribution in [0.25, 0.3) is 5.69 Å². The molecule has 0 aliphatic carbocycles. The summed E-state index contributed by atoms with van der Waals surface area (Å²) in [5, 5.41) is 10.7. The number of halogens is 2. The van der Waals surface area contributed by atoms with Crippen molar-refractivity contribution in [3.8, 4) is 5.69 Å². The van der Waals surface area contributed by atoms with Crippen molar-refractivity contribution in [3.63, 3.8) is 0 Å². The van der Waals surface area contributed by atoms with E-state index in [-0.39, 0.29) is 11.8 Å². The fraction of sp³-hybridized carbons (Fsp3) is 0.190. The molecule has 3 rings (SSSR count).